The molecule has 3 rings (SSSR count). The van der Waals surface area contributed by atoms with Gasteiger partial charge in [0.05, 0.1) is 18.8 Å². The van der Waals surface area contributed by atoms with Crippen LogP contribution in [-0.2, 0) is 11.8 Å². The Morgan fingerprint density at radius 3 is 2.90 bits per heavy atom. The zero-order valence-corrected chi connectivity index (χ0v) is 13.5. The van der Waals surface area contributed by atoms with Gasteiger partial charge in [-0.1, -0.05) is 6.42 Å². The number of hydrogen-bond donors (Lipinski definition) is 0. The van der Waals surface area contributed by atoms with Gasteiger partial charge in [0.15, 0.2) is 0 Å². The first-order valence-electron chi connectivity index (χ1n) is 8.43. The first kappa shape index (κ1) is 15.1. The molecule has 3 heterocycles. The quantitative estimate of drug-likeness (QED) is 0.849. The molecule has 0 aromatic carbocycles. The predicted molar refractivity (Wildman–Crippen MR) is 85.4 cm³/mol. The molecule has 0 aliphatic carbocycles. The Morgan fingerprint density at radius 1 is 1.24 bits per heavy atom. The van der Waals surface area contributed by atoms with Crippen molar-refractivity contribution in [1.82, 2.24) is 14.4 Å². The zero-order chi connectivity index (χ0) is 14.7. The van der Waals surface area contributed by atoms with E-state index >= 15 is 0 Å². The van der Waals surface area contributed by atoms with Crippen molar-refractivity contribution in [2.75, 3.05) is 39.3 Å². The van der Waals surface area contributed by atoms with Crippen LogP contribution in [0.15, 0.2) is 18.3 Å². The van der Waals surface area contributed by atoms with Crippen molar-refractivity contribution in [3.8, 4) is 0 Å². The average Bonchev–Trinajstić information content (AvgIpc) is 2.91. The summed E-state index contributed by atoms with van der Waals surface area (Å²) in [6.45, 7) is 8.85. The number of nitrogens with zero attached hydrogens (tertiary/aromatic N) is 3. The van der Waals surface area contributed by atoms with Crippen LogP contribution in [0, 0.1) is 0 Å². The summed E-state index contributed by atoms with van der Waals surface area (Å²) in [4.78, 5) is 5.25. The molecule has 2 saturated heterocycles. The predicted octanol–water partition coefficient (Wildman–Crippen LogP) is 2.27. The van der Waals surface area contributed by atoms with Crippen LogP contribution in [0.25, 0.3) is 0 Å². The lowest BCUT2D eigenvalue weighted by Crippen LogP contribution is -2.46. The summed E-state index contributed by atoms with van der Waals surface area (Å²) in [5.41, 5.74) is 1.48. The number of aromatic nitrogens is 1. The van der Waals surface area contributed by atoms with E-state index < -0.39 is 0 Å². The van der Waals surface area contributed by atoms with Gasteiger partial charge in [0.2, 0.25) is 0 Å². The monoisotopic (exact) mass is 291 g/mol. The topological polar surface area (TPSA) is 20.6 Å². The van der Waals surface area contributed by atoms with E-state index in [2.05, 4.69) is 46.7 Å². The lowest BCUT2D eigenvalue weighted by Gasteiger charge is -2.38. The fraction of sp³-hybridized carbons (Fsp3) is 0.765. The van der Waals surface area contributed by atoms with E-state index in [1.54, 1.807) is 0 Å². The Bertz CT molecular complexity index is 445. The Labute approximate surface area is 128 Å². The average molecular weight is 291 g/mol. The summed E-state index contributed by atoms with van der Waals surface area (Å²) >= 11 is 0. The normalized spacial score (nSPS) is 28.9. The summed E-state index contributed by atoms with van der Waals surface area (Å²) in [5.74, 6) is 0. The maximum atomic E-state index is 5.64. The van der Waals surface area contributed by atoms with Gasteiger partial charge in [-0.3, -0.25) is 9.80 Å². The van der Waals surface area contributed by atoms with Crippen LogP contribution < -0.4 is 0 Å². The highest BCUT2D eigenvalue weighted by atomic mass is 16.5. The molecule has 0 N–H and O–H groups in total. The second kappa shape index (κ2) is 6.95. The molecule has 1 aromatic heterocycles. The van der Waals surface area contributed by atoms with Crippen molar-refractivity contribution >= 4 is 0 Å². The third-order valence-electron chi connectivity index (χ3n) is 4.97. The van der Waals surface area contributed by atoms with E-state index in [1.807, 2.05) is 0 Å². The first-order valence-corrected chi connectivity index (χ1v) is 8.43. The molecule has 118 valence electrons. The molecule has 2 atom stereocenters. The van der Waals surface area contributed by atoms with Gasteiger partial charge in [0, 0.05) is 45.1 Å². The van der Waals surface area contributed by atoms with Crippen molar-refractivity contribution < 1.29 is 4.74 Å². The highest BCUT2D eigenvalue weighted by Gasteiger charge is 2.26. The van der Waals surface area contributed by atoms with Gasteiger partial charge in [-0.2, -0.15) is 0 Å². The minimum atomic E-state index is 0.392. The third-order valence-corrected chi connectivity index (χ3v) is 4.97. The van der Waals surface area contributed by atoms with Crippen LogP contribution in [0.3, 0.4) is 0 Å². The van der Waals surface area contributed by atoms with E-state index in [9.17, 15) is 0 Å². The number of aryl methyl sites for hydroxylation is 1. The van der Waals surface area contributed by atoms with Crippen LogP contribution in [0.5, 0.6) is 0 Å². The summed E-state index contributed by atoms with van der Waals surface area (Å²) in [6.07, 6.45) is 6.58. The molecule has 2 aliphatic heterocycles. The molecular weight excluding hydrogens is 262 g/mol. The largest absolute Gasteiger partial charge is 0.376 e. The Balaban J connectivity index is 1.58. The van der Waals surface area contributed by atoms with Gasteiger partial charge in [-0.25, -0.2) is 0 Å². The second-order valence-corrected chi connectivity index (χ2v) is 6.57. The van der Waals surface area contributed by atoms with E-state index in [-0.39, 0.29) is 0 Å². The highest BCUT2D eigenvalue weighted by molar-refractivity contribution is 5.12. The van der Waals surface area contributed by atoms with E-state index in [4.69, 9.17) is 4.74 Å². The maximum Gasteiger partial charge on any atom is 0.0674 e. The van der Waals surface area contributed by atoms with Crippen molar-refractivity contribution in [3.05, 3.63) is 24.0 Å². The van der Waals surface area contributed by atoms with E-state index in [0.717, 1.165) is 19.7 Å². The van der Waals surface area contributed by atoms with Crippen LogP contribution >= 0.6 is 0 Å². The molecule has 0 spiro atoms. The van der Waals surface area contributed by atoms with Crippen LogP contribution in [0.2, 0.25) is 0 Å². The molecule has 0 saturated carbocycles. The minimum Gasteiger partial charge on any atom is -0.376 e. The molecule has 0 bridgehead atoms. The van der Waals surface area contributed by atoms with Crippen molar-refractivity contribution in [2.24, 2.45) is 7.05 Å². The highest BCUT2D eigenvalue weighted by Crippen LogP contribution is 2.30. The lowest BCUT2D eigenvalue weighted by atomic mass is 9.99. The number of rotatable bonds is 4. The number of piperidine rings is 1. The lowest BCUT2D eigenvalue weighted by molar-refractivity contribution is -0.0229. The van der Waals surface area contributed by atoms with Gasteiger partial charge < -0.3 is 9.30 Å². The van der Waals surface area contributed by atoms with Crippen molar-refractivity contribution in [1.29, 1.82) is 0 Å². The number of morpholine rings is 1. The first-order chi connectivity index (χ1) is 10.2. The summed E-state index contributed by atoms with van der Waals surface area (Å²) < 4.78 is 7.93. The molecule has 0 amide bonds. The smallest absolute Gasteiger partial charge is 0.0674 e. The number of ether oxygens (including phenoxy) is 1. The Kier molecular flexibility index (Phi) is 4.99. The molecule has 0 unspecified atom stereocenters. The van der Waals surface area contributed by atoms with Crippen LogP contribution in [0.1, 0.15) is 37.9 Å². The molecule has 21 heavy (non-hydrogen) atoms. The van der Waals surface area contributed by atoms with Gasteiger partial charge in [-0.05, 0) is 38.4 Å². The zero-order valence-electron chi connectivity index (χ0n) is 13.5. The fourth-order valence-corrected chi connectivity index (χ4v) is 3.78. The standard InChI is InChI=1S/C17H29N3O/c1-15-14-19(12-13-21-15)10-11-20-9-4-3-6-17(20)16-7-5-8-18(16)2/h5,7-8,15,17H,3-4,6,9-14H2,1-2H3/t15-,17-/m0/s1. The van der Waals surface area contributed by atoms with Gasteiger partial charge in [0.25, 0.3) is 0 Å². The van der Waals surface area contributed by atoms with Gasteiger partial charge >= 0.3 is 0 Å². The molecular formula is C17H29N3O. The molecule has 4 nitrogen and oxygen atoms in total. The molecule has 0 radical (unpaired) electrons. The third kappa shape index (κ3) is 3.68. The van der Waals surface area contributed by atoms with E-state index in [1.165, 1.54) is 44.6 Å². The van der Waals surface area contributed by atoms with Crippen molar-refractivity contribution in [3.63, 3.8) is 0 Å². The van der Waals surface area contributed by atoms with E-state index in [0.29, 0.717) is 12.1 Å². The molecule has 1 aromatic rings. The second-order valence-electron chi connectivity index (χ2n) is 6.57. The Morgan fingerprint density at radius 2 is 2.14 bits per heavy atom. The SMILES string of the molecule is C[C@H]1CN(CCN2CCCC[C@H]2c2cccn2C)CCO1. The van der Waals surface area contributed by atoms with Gasteiger partial charge in [-0.15, -0.1) is 0 Å². The number of likely N-dealkylation sites (tertiary alicyclic amines) is 1. The van der Waals surface area contributed by atoms with Crippen molar-refractivity contribution in [2.45, 2.75) is 38.3 Å². The molecule has 2 aliphatic rings. The molecule has 4 heteroatoms. The summed E-state index contributed by atoms with van der Waals surface area (Å²) in [6, 6.07) is 5.07. The summed E-state index contributed by atoms with van der Waals surface area (Å²) in [7, 11) is 2.17. The van der Waals surface area contributed by atoms with Gasteiger partial charge in [0.1, 0.15) is 0 Å². The summed E-state index contributed by atoms with van der Waals surface area (Å²) in [5, 5.41) is 0. The van der Waals surface area contributed by atoms with Crippen LogP contribution in [0.4, 0.5) is 0 Å². The van der Waals surface area contributed by atoms with Crippen LogP contribution in [-0.4, -0.2) is 59.8 Å². The Hall–Kier alpha value is -0.840. The maximum absolute atomic E-state index is 5.64. The molecule has 2 fully saturated rings. The minimum absolute atomic E-state index is 0.392. The number of hydrogen-bond acceptors (Lipinski definition) is 3. The fourth-order valence-electron chi connectivity index (χ4n) is 3.78.